The van der Waals surface area contributed by atoms with Gasteiger partial charge in [0.15, 0.2) is 5.13 Å². The Morgan fingerprint density at radius 3 is 2.44 bits per heavy atom. The van der Waals surface area contributed by atoms with Crippen LogP contribution in [0, 0.1) is 6.92 Å². The molecule has 9 nitrogen and oxygen atoms in total. The number of hydrogen-bond donors (Lipinski definition) is 1. The maximum atomic E-state index is 13.4. The van der Waals surface area contributed by atoms with E-state index in [0.717, 1.165) is 37.0 Å². The molecule has 0 radical (unpaired) electrons. The molecule has 1 atom stereocenters. The number of aliphatic hydroxyl groups excluding tert-OH is 1. The van der Waals surface area contributed by atoms with Crippen LogP contribution in [0.15, 0.2) is 54.4 Å². The van der Waals surface area contributed by atoms with Gasteiger partial charge in [-0.2, -0.15) is 0 Å². The molecule has 2 aromatic heterocycles. The van der Waals surface area contributed by atoms with E-state index in [1.54, 1.807) is 50.2 Å². The lowest BCUT2D eigenvalue weighted by atomic mass is 9.95. The van der Waals surface area contributed by atoms with Gasteiger partial charge in [-0.05, 0) is 50.1 Å². The number of carbonyl (C=O) groups is 3. The topological polar surface area (TPSA) is 119 Å². The van der Waals surface area contributed by atoms with Gasteiger partial charge in [-0.1, -0.05) is 49.7 Å². The van der Waals surface area contributed by atoms with Gasteiger partial charge in [-0.15, -0.1) is 0 Å². The average Bonchev–Trinajstić information content (AvgIpc) is 3.45. The third kappa shape index (κ3) is 6.01. The van der Waals surface area contributed by atoms with Crippen LogP contribution >= 0.6 is 11.3 Å². The monoisotopic (exact) mass is 549 g/mol. The van der Waals surface area contributed by atoms with Crippen molar-refractivity contribution in [1.29, 1.82) is 0 Å². The molecule has 1 aliphatic heterocycles. The highest BCUT2D eigenvalue weighted by Gasteiger charge is 2.48. The molecule has 0 saturated carbocycles. The highest BCUT2D eigenvalue weighted by atomic mass is 32.1. The lowest BCUT2D eigenvalue weighted by Gasteiger charge is -2.23. The van der Waals surface area contributed by atoms with E-state index in [1.165, 1.54) is 17.3 Å². The Labute approximate surface area is 231 Å². The Bertz CT molecular complexity index is 1370. The smallest absolute Gasteiger partial charge is 0.350 e. The van der Waals surface area contributed by atoms with Gasteiger partial charge >= 0.3 is 11.9 Å². The summed E-state index contributed by atoms with van der Waals surface area (Å²) in [6.45, 7) is 6.28. The van der Waals surface area contributed by atoms with Crippen LogP contribution in [-0.4, -0.2) is 45.9 Å². The first kappa shape index (κ1) is 28.0. The van der Waals surface area contributed by atoms with Gasteiger partial charge in [0, 0.05) is 18.0 Å². The Morgan fingerprint density at radius 2 is 1.77 bits per heavy atom. The number of ketones is 1. The third-order valence-corrected chi connectivity index (χ3v) is 7.45. The van der Waals surface area contributed by atoms with E-state index in [1.807, 2.05) is 0 Å². The van der Waals surface area contributed by atoms with Crippen molar-refractivity contribution in [2.24, 2.45) is 0 Å². The van der Waals surface area contributed by atoms with Gasteiger partial charge in [0.25, 0.3) is 5.78 Å². The summed E-state index contributed by atoms with van der Waals surface area (Å²) in [4.78, 5) is 49.1. The van der Waals surface area contributed by atoms with E-state index in [4.69, 9.17) is 9.47 Å². The molecule has 1 aromatic carbocycles. The average molecular weight is 550 g/mol. The van der Waals surface area contributed by atoms with Crippen molar-refractivity contribution >= 4 is 39.9 Å². The van der Waals surface area contributed by atoms with Crippen molar-refractivity contribution in [1.82, 2.24) is 9.97 Å². The van der Waals surface area contributed by atoms with Crippen LogP contribution in [-0.2, 0) is 14.3 Å². The van der Waals surface area contributed by atoms with Crippen LogP contribution in [0.4, 0.5) is 5.13 Å². The second-order valence-corrected chi connectivity index (χ2v) is 9.99. The Balaban J connectivity index is 1.75. The van der Waals surface area contributed by atoms with Crippen molar-refractivity contribution in [2.45, 2.75) is 52.5 Å². The van der Waals surface area contributed by atoms with Crippen molar-refractivity contribution in [3.05, 3.63) is 76.1 Å². The summed E-state index contributed by atoms with van der Waals surface area (Å²) in [5, 5.41) is 11.4. The molecule has 0 spiro atoms. The number of Topliss-reactive ketones (excluding diaryl/α,β-unsaturated/α-hetero) is 1. The Morgan fingerprint density at radius 1 is 1.05 bits per heavy atom. The molecule has 39 heavy (non-hydrogen) atoms. The second kappa shape index (κ2) is 12.7. The predicted octanol–water partition coefficient (Wildman–Crippen LogP) is 5.61. The van der Waals surface area contributed by atoms with E-state index in [9.17, 15) is 19.5 Å². The largest absolute Gasteiger partial charge is 0.507 e. The first-order valence-electron chi connectivity index (χ1n) is 13.0. The highest BCUT2D eigenvalue weighted by Crippen LogP contribution is 2.44. The summed E-state index contributed by atoms with van der Waals surface area (Å²) in [5.74, 6) is -1.91. The SMILES string of the molecule is CCCCCCOc1ccc(C2/C(=C(\O)c3ccncc3)C(=O)C(=O)N2c2nc(C)c(C(=O)OCC)s2)cc1. The summed E-state index contributed by atoms with van der Waals surface area (Å²) in [7, 11) is 0. The molecule has 3 heterocycles. The minimum absolute atomic E-state index is 0.0787. The van der Waals surface area contributed by atoms with Crippen molar-refractivity contribution in [2.75, 3.05) is 18.1 Å². The van der Waals surface area contributed by atoms with Crippen LogP contribution in [0.5, 0.6) is 5.75 Å². The lowest BCUT2D eigenvalue weighted by molar-refractivity contribution is -0.132. The molecule has 1 amide bonds. The molecular formula is C29H31N3O6S. The highest BCUT2D eigenvalue weighted by molar-refractivity contribution is 7.17. The molecule has 1 unspecified atom stereocenters. The number of carbonyl (C=O) groups excluding carboxylic acids is 3. The number of aliphatic hydroxyl groups is 1. The van der Waals surface area contributed by atoms with E-state index in [-0.39, 0.29) is 27.9 Å². The minimum atomic E-state index is -0.975. The third-order valence-electron chi connectivity index (χ3n) is 6.31. The van der Waals surface area contributed by atoms with Crippen LogP contribution in [0.25, 0.3) is 5.76 Å². The number of aromatic nitrogens is 2. The normalized spacial score (nSPS) is 16.5. The Hall–Kier alpha value is -4.05. The number of nitrogens with zero attached hydrogens (tertiary/aromatic N) is 3. The fourth-order valence-corrected chi connectivity index (χ4v) is 5.33. The van der Waals surface area contributed by atoms with Crippen LogP contribution < -0.4 is 9.64 Å². The number of hydrogen-bond acceptors (Lipinski definition) is 9. The molecule has 4 rings (SSSR count). The number of unbranched alkanes of at least 4 members (excludes halogenated alkanes) is 3. The summed E-state index contributed by atoms with van der Waals surface area (Å²) < 4.78 is 11.0. The lowest BCUT2D eigenvalue weighted by Crippen LogP contribution is -2.29. The Kier molecular flexibility index (Phi) is 9.08. The predicted molar refractivity (Wildman–Crippen MR) is 148 cm³/mol. The van der Waals surface area contributed by atoms with E-state index in [0.29, 0.717) is 29.2 Å². The number of thiazole rings is 1. The number of aryl methyl sites for hydroxylation is 1. The minimum Gasteiger partial charge on any atom is -0.507 e. The molecule has 1 fully saturated rings. The van der Waals surface area contributed by atoms with Gasteiger partial charge < -0.3 is 14.6 Å². The van der Waals surface area contributed by atoms with Crippen molar-refractivity contribution in [3.63, 3.8) is 0 Å². The van der Waals surface area contributed by atoms with Gasteiger partial charge in [0.2, 0.25) is 0 Å². The molecule has 1 N–H and O–H groups in total. The molecule has 10 heteroatoms. The van der Waals surface area contributed by atoms with Gasteiger partial charge in [-0.3, -0.25) is 19.5 Å². The summed E-state index contributed by atoms with van der Waals surface area (Å²) in [5.41, 5.74) is 1.23. The van der Waals surface area contributed by atoms with E-state index >= 15 is 0 Å². The number of benzene rings is 1. The maximum absolute atomic E-state index is 13.4. The molecule has 3 aromatic rings. The van der Waals surface area contributed by atoms with Crippen LogP contribution in [0.1, 0.15) is 72.1 Å². The van der Waals surface area contributed by atoms with Gasteiger partial charge in [0.05, 0.1) is 30.5 Å². The molecule has 204 valence electrons. The summed E-state index contributed by atoms with van der Waals surface area (Å²) >= 11 is 0.968. The van der Waals surface area contributed by atoms with Gasteiger partial charge in [-0.25, -0.2) is 9.78 Å². The number of amides is 1. The second-order valence-electron chi connectivity index (χ2n) is 9.01. The van der Waals surface area contributed by atoms with E-state index < -0.39 is 23.7 Å². The first-order chi connectivity index (χ1) is 18.9. The zero-order chi connectivity index (χ0) is 27.9. The van der Waals surface area contributed by atoms with Crippen molar-refractivity contribution in [3.8, 4) is 5.75 Å². The molecular weight excluding hydrogens is 518 g/mol. The number of anilines is 1. The fraction of sp³-hybridized carbons (Fsp3) is 0.345. The zero-order valence-electron chi connectivity index (χ0n) is 22.2. The number of esters is 1. The number of rotatable bonds is 11. The fourth-order valence-electron chi connectivity index (χ4n) is 4.35. The molecule has 0 bridgehead atoms. The quantitative estimate of drug-likeness (QED) is 0.108. The van der Waals surface area contributed by atoms with Gasteiger partial charge in [0.1, 0.15) is 16.4 Å². The summed E-state index contributed by atoms with van der Waals surface area (Å²) in [6, 6.07) is 9.22. The first-order valence-corrected chi connectivity index (χ1v) is 13.8. The van der Waals surface area contributed by atoms with Crippen LogP contribution in [0.3, 0.4) is 0 Å². The number of ether oxygens (including phenoxy) is 2. The summed E-state index contributed by atoms with van der Waals surface area (Å²) in [6.07, 6.45) is 7.33. The number of pyridine rings is 1. The van der Waals surface area contributed by atoms with Crippen LogP contribution in [0.2, 0.25) is 0 Å². The molecule has 0 aliphatic carbocycles. The molecule has 1 aliphatic rings. The standard InChI is InChI=1S/C29H31N3O6S/c1-4-6-7-8-17-38-21-11-9-19(10-12-21)23-22(24(33)20-13-15-30-16-14-20)25(34)27(35)32(23)29-31-18(3)26(39-29)28(36)37-5-2/h9-16,23,33H,4-8,17H2,1-3H3/b24-22+. The van der Waals surface area contributed by atoms with E-state index in [2.05, 4.69) is 16.9 Å². The maximum Gasteiger partial charge on any atom is 0.350 e. The molecule has 1 saturated heterocycles. The zero-order valence-corrected chi connectivity index (χ0v) is 23.0. The van der Waals surface area contributed by atoms with Crippen molar-refractivity contribution < 1.29 is 29.0 Å².